The number of aromatic nitrogens is 1. The highest BCUT2D eigenvalue weighted by Crippen LogP contribution is 2.34. The summed E-state index contributed by atoms with van der Waals surface area (Å²) in [6.07, 6.45) is 0.634. The first kappa shape index (κ1) is 32.8. The lowest BCUT2D eigenvalue weighted by molar-refractivity contribution is -0.132. The van der Waals surface area contributed by atoms with Crippen molar-refractivity contribution in [3.63, 3.8) is 0 Å². The van der Waals surface area contributed by atoms with Crippen LogP contribution < -0.4 is 11.2 Å². The number of hydrogen-bond donors (Lipinski definition) is 1. The van der Waals surface area contributed by atoms with Gasteiger partial charge in [0.15, 0.2) is 17.1 Å². The minimum Gasteiger partial charge on any atom is -0.337 e. The fraction of sp³-hybridized carbons (Fsp3) is 0.278. The molecule has 10 heteroatoms. The number of nitrogens with zero attached hydrogens (tertiary/aromatic N) is 2. The van der Waals surface area contributed by atoms with Gasteiger partial charge in [-0.25, -0.2) is 8.78 Å². The van der Waals surface area contributed by atoms with Crippen LogP contribution in [0.15, 0.2) is 101 Å². The van der Waals surface area contributed by atoms with Gasteiger partial charge in [-0.1, -0.05) is 66.8 Å². The number of fused-ring (bicyclic) bond motifs is 1. The summed E-state index contributed by atoms with van der Waals surface area (Å²) < 4.78 is 69.0. The van der Waals surface area contributed by atoms with Crippen LogP contribution in [-0.2, 0) is 30.7 Å². The number of carbonyl (C=O) groups is 1. The van der Waals surface area contributed by atoms with E-state index >= 15 is 0 Å². The van der Waals surface area contributed by atoms with Gasteiger partial charge in [0.05, 0.1) is 11.1 Å². The molecule has 5 rings (SSSR count). The Morgan fingerprint density at radius 3 is 2.43 bits per heavy atom. The number of nitrogens with two attached hydrogens (primary N) is 1. The average molecular weight is 636 g/mol. The van der Waals surface area contributed by atoms with Gasteiger partial charge in [0, 0.05) is 36.2 Å². The quantitative estimate of drug-likeness (QED) is 0.181. The van der Waals surface area contributed by atoms with Crippen molar-refractivity contribution >= 4 is 16.8 Å². The van der Waals surface area contributed by atoms with Crippen molar-refractivity contribution in [3.8, 4) is 0 Å². The van der Waals surface area contributed by atoms with Crippen LogP contribution in [0.25, 0.3) is 10.9 Å². The molecule has 0 saturated heterocycles. The standard InChI is InChI=1S/C36H34F5N3O2/c37-31-7-3-5-27(35(31)38)15-18-29-21-33(45)30-6-1-2-8-32(30)44(29)23-34(46)43(20-4-19-42)22-24-9-11-25(12-10-24)26-13-16-28(17-14-26)36(39,40)41/h1-3,5-13,16-17,21,26H,4,14-15,18-20,22-23,42H2. The SMILES string of the molecule is NCCCN(Cc1ccc(C2C=CC(C(F)(F)F)=CC2)cc1)C(=O)Cn1c(CCc2cccc(F)c2F)cc(=O)c2ccccc21. The van der Waals surface area contributed by atoms with E-state index in [0.29, 0.717) is 36.1 Å². The number of alkyl halides is 3. The minimum atomic E-state index is -4.37. The highest BCUT2D eigenvalue weighted by molar-refractivity contribution is 5.82. The molecule has 0 bridgehead atoms. The highest BCUT2D eigenvalue weighted by atomic mass is 19.4. The largest absolute Gasteiger partial charge is 0.416 e. The Labute approximate surface area is 263 Å². The van der Waals surface area contributed by atoms with Gasteiger partial charge in [0.2, 0.25) is 5.91 Å². The second kappa shape index (κ2) is 14.2. The number of carbonyl (C=O) groups excluding carboxylic acids is 1. The smallest absolute Gasteiger partial charge is 0.337 e. The topological polar surface area (TPSA) is 68.3 Å². The minimum absolute atomic E-state index is 0.0921. The lowest BCUT2D eigenvalue weighted by Gasteiger charge is -2.25. The van der Waals surface area contributed by atoms with E-state index in [4.69, 9.17) is 5.73 Å². The highest BCUT2D eigenvalue weighted by Gasteiger charge is 2.33. The Morgan fingerprint density at radius 1 is 0.978 bits per heavy atom. The molecule has 0 spiro atoms. The van der Waals surface area contributed by atoms with E-state index in [1.807, 2.05) is 24.3 Å². The number of halogens is 5. The number of aryl methyl sites for hydroxylation is 2. The number of benzene rings is 3. The maximum atomic E-state index is 14.4. The molecule has 46 heavy (non-hydrogen) atoms. The maximum absolute atomic E-state index is 14.4. The molecule has 4 aromatic rings. The summed E-state index contributed by atoms with van der Waals surface area (Å²) in [4.78, 5) is 28.5. The number of pyridine rings is 1. The van der Waals surface area contributed by atoms with E-state index in [1.54, 1.807) is 39.8 Å². The van der Waals surface area contributed by atoms with Crippen molar-refractivity contribution in [2.45, 2.75) is 50.9 Å². The van der Waals surface area contributed by atoms with E-state index in [2.05, 4.69) is 0 Å². The molecule has 1 amide bonds. The second-order valence-corrected chi connectivity index (χ2v) is 11.4. The van der Waals surface area contributed by atoms with Gasteiger partial charge in [-0.3, -0.25) is 9.59 Å². The Morgan fingerprint density at radius 2 is 1.74 bits per heavy atom. The summed E-state index contributed by atoms with van der Waals surface area (Å²) in [6, 6.07) is 19.8. The predicted octanol–water partition coefficient (Wildman–Crippen LogP) is 6.97. The molecule has 1 aliphatic carbocycles. The first-order chi connectivity index (χ1) is 22.0. The van der Waals surface area contributed by atoms with Crippen molar-refractivity contribution in [1.29, 1.82) is 0 Å². The zero-order chi connectivity index (χ0) is 32.8. The van der Waals surface area contributed by atoms with Crippen LogP contribution in [0.2, 0.25) is 0 Å². The monoisotopic (exact) mass is 635 g/mol. The molecule has 1 aliphatic rings. The van der Waals surface area contributed by atoms with Gasteiger partial charge in [-0.2, -0.15) is 13.2 Å². The van der Waals surface area contributed by atoms with Gasteiger partial charge in [0.25, 0.3) is 0 Å². The molecule has 5 nitrogen and oxygen atoms in total. The third kappa shape index (κ3) is 7.62. The maximum Gasteiger partial charge on any atom is 0.416 e. The zero-order valence-corrected chi connectivity index (χ0v) is 25.1. The molecule has 240 valence electrons. The first-order valence-corrected chi connectivity index (χ1v) is 15.1. The van der Waals surface area contributed by atoms with Crippen LogP contribution in [0.3, 0.4) is 0 Å². The lowest BCUT2D eigenvalue weighted by atomic mass is 9.89. The van der Waals surface area contributed by atoms with Crippen LogP contribution in [0.1, 0.15) is 41.1 Å². The number of amides is 1. The fourth-order valence-corrected chi connectivity index (χ4v) is 5.75. The van der Waals surface area contributed by atoms with Gasteiger partial charge in [-0.15, -0.1) is 0 Å². The molecular formula is C36H34F5N3O2. The van der Waals surface area contributed by atoms with Crippen molar-refractivity contribution in [3.05, 3.63) is 141 Å². The Bertz CT molecular complexity index is 1830. The summed E-state index contributed by atoms with van der Waals surface area (Å²) in [5.74, 6) is -2.28. The zero-order valence-electron chi connectivity index (χ0n) is 25.1. The molecule has 1 aromatic heterocycles. The van der Waals surface area contributed by atoms with Crippen LogP contribution in [0.4, 0.5) is 22.0 Å². The number of rotatable bonds is 11. The van der Waals surface area contributed by atoms with Gasteiger partial charge in [0.1, 0.15) is 6.54 Å². The van der Waals surface area contributed by atoms with E-state index in [-0.39, 0.29) is 55.2 Å². The predicted molar refractivity (Wildman–Crippen MR) is 168 cm³/mol. The number of hydrogen-bond acceptors (Lipinski definition) is 3. The summed E-state index contributed by atoms with van der Waals surface area (Å²) in [5, 5.41) is 0.439. The van der Waals surface area contributed by atoms with Crippen molar-refractivity contribution in [2.75, 3.05) is 13.1 Å². The summed E-state index contributed by atoms with van der Waals surface area (Å²) in [6.45, 7) is 0.940. The number of allylic oxidation sites excluding steroid dienone is 4. The molecule has 0 saturated carbocycles. The normalized spacial score (nSPS) is 14.8. The second-order valence-electron chi connectivity index (χ2n) is 11.4. The fourth-order valence-electron chi connectivity index (χ4n) is 5.75. The first-order valence-electron chi connectivity index (χ1n) is 15.1. The van der Waals surface area contributed by atoms with E-state index in [9.17, 15) is 31.5 Å². The molecule has 3 aromatic carbocycles. The average Bonchev–Trinajstić information content (AvgIpc) is 3.05. The molecule has 2 N–H and O–H groups in total. The summed E-state index contributed by atoms with van der Waals surface area (Å²) in [5.41, 5.74) is 7.87. The van der Waals surface area contributed by atoms with Gasteiger partial charge < -0.3 is 15.2 Å². The number of para-hydroxylation sites is 1. The van der Waals surface area contributed by atoms with Crippen molar-refractivity contribution in [1.82, 2.24) is 9.47 Å². The third-order valence-electron chi connectivity index (χ3n) is 8.27. The molecule has 0 fully saturated rings. The molecule has 0 aliphatic heterocycles. The molecule has 1 atom stereocenters. The van der Waals surface area contributed by atoms with Crippen LogP contribution >= 0.6 is 0 Å². The van der Waals surface area contributed by atoms with Crippen LogP contribution in [0.5, 0.6) is 0 Å². The van der Waals surface area contributed by atoms with Crippen LogP contribution in [-0.4, -0.2) is 34.6 Å². The Hall–Kier alpha value is -4.57. The van der Waals surface area contributed by atoms with Crippen molar-refractivity contribution in [2.24, 2.45) is 5.73 Å². The Balaban J connectivity index is 1.36. The molecule has 0 radical (unpaired) electrons. The lowest BCUT2D eigenvalue weighted by Crippen LogP contribution is -2.36. The van der Waals surface area contributed by atoms with E-state index in [1.165, 1.54) is 24.3 Å². The van der Waals surface area contributed by atoms with Gasteiger partial charge >= 0.3 is 6.18 Å². The van der Waals surface area contributed by atoms with Gasteiger partial charge in [-0.05, 0) is 67.1 Å². The van der Waals surface area contributed by atoms with E-state index < -0.39 is 23.4 Å². The molecular weight excluding hydrogens is 601 g/mol. The van der Waals surface area contributed by atoms with Crippen LogP contribution in [0, 0.1) is 11.6 Å². The summed E-state index contributed by atoms with van der Waals surface area (Å²) >= 11 is 0. The van der Waals surface area contributed by atoms with Crippen molar-refractivity contribution < 1.29 is 26.7 Å². The Kier molecular flexibility index (Phi) is 10.2. The summed E-state index contributed by atoms with van der Waals surface area (Å²) in [7, 11) is 0. The van der Waals surface area contributed by atoms with E-state index in [0.717, 1.165) is 23.3 Å². The third-order valence-corrected chi connectivity index (χ3v) is 8.27. The molecule has 1 heterocycles. The molecule has 1 unspecified atom stereocenters.